The molecule has 0 fully saturated rings. The summed E-state index contributed by atoms with van der Waals surface area (Å²) in [6, 6.07) is 5.83. The lowest BCUT2D eigenvalue weighted by Gasteiger charge is -2.28. The number of nitrogens with two attached hydrogens (primary N) is 2. The van der Waals surface area contributed by atoms with Crippen molar-refractivity contribution in [3.05, 3.63) is 44.1 Å². The first-order chi connectivity index (χ1) is 15.5. The van der Waals surface area contributed by atoms with Crippen molar-refractivity contribution in [3.63, 3.8) is 0 Å². The average molecular weight is 905 g/mol. The van der Waals surface area contributed by atoms with E-state index in [4.69, 9.17) is 20.9 Å². The highest BCUT2D eigenvalue weighted by Gasteiger charge is 2.34. The molecule has 5 N–H and O–H groups in total. The molecular formula is C20H19I4N3O6. The molecule has 0 aliphatic rings. The Bertz CT molecular complexity index is 1020. The molecule has 9 nitrogen and oxygen atoms in total. The molecule has 0 saturated carbocycles. The van der Waals surface area contributed by atoms with E-state index in [0.29, 0.717) is 24.2 Å². The molecule has 0 radical (unpaired) electrons. The number of phenols is 1. The summed E-state index contributed by atoms with van der Waals surface area (Å²) in [5.41, 5.74) is 11.6. The fourth-order valence-electron chi connectivity index (χ4n) is 2.87. The number of hydrogen-bond donors (Lipinski definition) is 3. The van der Waals surface area contributed by atoms with Crippen LogP contribution in [0.25, 0.3) is 0 Å². The molecule has 1 atom stereocenters. The first-order valence-corrected chi connectivity index (χ1v) is 13.5. The molecule has 0 unspecified atom stereocenters. The molecule has 2 aromatic rings. The van der Waals surface area contributed by atoms with Gasteiger partial charge in [-0.3, -0.25) is 14.5 Å². The van der Waals surface area contributed by atoms with Gasteiger partial charge in [-0.1, -0.05) is 0 Å². The largest absolute Gasteiger partial charge is 0.506 e. The number of carbonyl (C=O) groups is 3. The number of nitrogens with zero attached hydrogens (tertiary/aromatic N) is 1. The number of rotatable bonds is 8. The van der Waals surface area contributed by atoms with Crippen LogP contribution in [0.15, 0.2) is 24.3 Å². The van der Waals surface area contributed by atoms with E-state index in [1.165, 1.54) is 7.11 Å². The first-order valence-electron chi connectivity index (χ1n) is 9.20. The Kier molecular flexibility index (Phi) is 11.3. The Morgan fingerprint density at radius 2 is 1.42 bits per heavy atom. The Balaban J connectivity index is 2.41. The number of imide groups is 1. The highest BCUT2D eigenvalue weighted by molar-refractivity contribution is 14.1. The van der Waals surface area contributed by atoms with Crippen molar-refractivity contribution in [2.24, 2.45) is 11.5 Å². The van der Waals surface area contributed by atoms with Crippen molar-refractivity contribution >= 4 is 108 Å². The zero-order valence-electron chi connectivity index (χ0n) is 17.1. The summed E-state index contributed by atoms with van der Waals surface area (Å²) in [4.78, 5) is 37.9. The monoisotopic (exact) mass is 905 g/mol. The molecule has 0 aromatic heterocycles. The van der Waals surface area contributed by atoms with Gasteiger partial charge < -0.3 is 26.0 Å². The second kappa shape index (κ2) is 13.0. The van der Waals surface area contributed by atoms with E-state index in [1.807, 2.05) is 45.2 Å². The number of benzene rings is 2. The van der Waals surface area contributed by atoms with E-state index in [2.05, 4.69) is 45.2 Å². The standard InChI is InChI=1S/C20H19I4N3O6/c1-32-20(31)15(27(16(28)7-25)17(29)8-26)4-9-2-13(23)19(14(24)3-9)33-10-5-11(21)18(30)12(22)6-10/h2-3,5-6,15,30H,4,7-8,25-26H2,1H3/t15-/m0/s1. The minimum Gasteiger partial charge on any atom is -0.506 e. The Morgan fingerprint density at radius 1 is 0.939 bits per heavy atom. The smallest absolute Gasteiger partial charge is 0.329 e. The quantitative estimate of drug-likeness (QED) is 0.271. The molecule has 0 aliphatic carbocycles. The van der Waals surface area contributed by atoms with Crippen molar-refractivity contribution in [2.75, 3.05) is 20.2 Å². The van der Waals surface area contributed by atoms with Crippen molar-refractivity contribution in [1.29, 1.82) is 0 Å². The zero-order valence-corrected chi connectivity index (χ0v) is 25.7. The summed E-state index contributed by atoms with van der Waals surface area (Å²) >= 11 is 8.27. The number of ether oxygens (including phenoxy) is 2. The number of aromatic hydroxyl groups is 1. The van der Waals surface area contributed by atoms with Gasteiger partial charge in [0.05, 0.1) is 34.5 Å². The van der Waals surface area contributed by atoms with E-state index in [1.54, 1.807) is 24.3 Å². The minimum atomic E-state index is -1.21. The number of hydrogen-bond acceptors (Lipinski definition) is 8. The molecular weight excluding hydrogens is 886 g/mol. The van der Waals surface area contributed by atoms with Crippen LogP contribution in [0, 0.1) is 14.3 Å². The van der Waals surface area contributed by atoms with Crippen molar-refractivity contribution in [3.8, 4) is 17.2 Å². The van der Waals surface area contributed by atoms with Crippen LogP contribution < -0.4 is 16.2 Å². The first kappa shape index (κ1) is 28.7. The molecule has 0 bridgehead atoms. The van der Waals surface area contributed by atoms with Gasteiger partial charge in [0.25, 0.3) is 0 Å². The third-order valence-corrected chi connectivity index (χ3v) is 7.62. The van der Waals surface area contributed by atoms with Gasteiger partial charge in [-0.2, -0.15) is 0 Å². The Morgan fingerprint density at radius 3 is 1.85 bits per heavy atom. The maximum absolute atomic E-state index is 12.5. The summed E-state index contributed by atoms with van der Waals surface area (Å²) in [7, 11) is 1.18. The summed E-state index contributed by atoms with van der Waals surface area (Å²) < 4.78 is 13.7. The highest BCUT2D eigenvalue weighted by atomic mass is 127. The van der Waals surface area contributed by atoms with E-state index >= 15 is 0 Å². The van der Waals surface area contributed by atoms with Crippen molar-refractivity contribution in [2.45, 2.75) is 12.5 Å². The van der Waals surface area contributed by atoms with Gasteiger partial charge in [0.15, 0.2) is 5.75 Å². The molecule has 0 saturated heterocycles. The predicted molar refractivity (Wildman–Crippen MR) is 155 cm³/mol. The van der Waals surface area contributed by atoms with E-state index < -0.39 is 36.9 Å². The molecule has 13 heteroatoms. The summed E-state index contributed by atoms with van der Waals surface area (Å²) in [5, 5.41) is 9.97. The number of halogens is 4. The maximum Gasteiger partial charge on any atom is 0.329 e. The van der Waals surface area contributed by atoms with Crippen LogP contribution in [0.2, 0.25) is 0 Å². The van der Waals surface area contributed by atoms with Crippen LogP contribution in [0.4, 0.5) is 0 Å². The van der Waals surface area contributed by atoms with Crippen molar-refractivity contribution < 1.29 is 29.0 Å². The molecule has 2 amide bonds. The second-order valence-electron chi connectivity index (χ2n) is 6.53. The molecule has 0 heterocycles. The lowest BCUT2D eigenvalue weighted by Crippen LogP contribution is -2.54. The van der Waals surface area contributed by atoms with Gasteiger partial charge in [-0.25, -0.2) is 4.79 Å². The third-order valence-electron chi connectivity index (χ3n) is 4.37. The topological polar surface area (TPSA) is 145 Å². The average Bonchev–Trinajstić information content (AvgIpc) is 2.78. The maximum atomic E-state index is 12.5. The molecule has 2 aromatic carbocycles. The zero-order chi connectivity index (χ0) is 24.9. The number of phenolic OH excluding ortho intramolecular Hbond substituents is 1. The van der Waals surface area contributed by atoms with E-state index in [9.17, 15) is 19.5 Å². The minimum absolute atomic E-state index is 0.0193. The van der Waals surface area contributed by atoms with Crippen LogP contribution in [0.1, 0.15) is 5.56 Å². The molecule has 178 valence electrons. The lowest BCUT2D eigenvalue weighted by atomic mass is 10.0. The fourth-order valence-corrected chi connectivity index (χ4v) is 6.70. The molecule has 0 aliphatic heterocycles. The predicted octanol–water partition coefficient (Wildman–Crippen LogP) is 2.96. The Labute approximate surface area is 244 Å². The summed E-state index contributed by atoms with van der Waals surface area (Å²) in [6.07, 6.45) is 0.0193. The normalized spacial score (nSPS) is 11.6. The van der Waals surface area contributed by atoms with E-state index in [-0.39, 0.29) is 12.2 Å². The molecule has 2 rings (SSSR count). The number of amides is 2. The van der Waals surface area contributed by atoms with Crippen LogP contribution in [-0.4, -0.2) is 54.0 Å². The Hall–Kier alpha value is -0.510. The van der Waals surface area contributed by atoms with Gasteiger partial charge in [0.1, 0.15) is 17.5 Å². The van der Waals surface area contributed by atoms with Gasteiger partial charge in [-0.05, 0) is 120 Å². The van der Waals surface area contributed by atoms with Crippen LogP contribution in [0.5, 0.6) is 17.2 Å². The summed E-state index contributed by atoms with van der Waals surface area (Å²) in [6.45, 7) is -0.906. The molecule has 0 spiro atoms. The van der Waals surface area contributed by atoms with Crippen molar-refractivity contribution in [1.82, 2.24) is 4.90 Å². The number of methoxy groups -OCH3 is 1. The number of esters is 1. The third kappa shape index (κ3) is 7.24. The van der Waals surface area contributed by atoms with Gasteiger partial charge in [0.2, 0.25) is 11.8 Å². The van der Waals surface area contributed by atoms with Gasteiger partial charge >= 0.3 is 5.97 Å². The van der Waals surface area contributed by atoms with Gasteiger partial charge in [0, 0.05) is 6.42 Å². The molecule has 33 heavy (non-hydrogen) atoms. The lowest BCUT2D eigenvalue weighted by molar-refractivity contribution is -0.158. The van der Waals surface area contributed by atoms with Crippen LogP contribution >= 0.6 is 90.4 Å². The highest BCUT2D eigenvalue weighted by Crippen LogP contribution is 2.37. The van der Waals surface area contributed by atoms with Crippen LogP contribution in [0.3, 0.4) is 0 Å². The second-order valence-corrected chi connectivity index (χ2v) is 11.2. The summed E-state index contributed by atoms with van der Waals surface area (Å²) in [5.74, 6) is -0.841. The fraction of sp³-hybridized carbons (Fsp3) is 0.250. The van der Waals surface area contributed by atoms with Crippen LogP contribution in [-0.2, 0) is 25.5 Å². The van der Waals surface area contributed by atoms with E-state index in [0.717, 1.165) is 12.0 Å². The SMILES string of the molecule is COC(=O)[C@H](Cc1cc(I)c(Oc2cc(I)c(O)c(I)c2)c(I)c1)N(C(=O)CN)C(=O)CN. The number of carbonyl (C=O) groups excluding carboxylic acids is 3. The van der Waals surface area contributed by atoms with Gasteiger partial charge in [-0.15, -0.1) is 0 Å².